The molecule has 38 heavy (non-hydrogen) atoms. The summed E-state index contributed by atoms with van der Waals surface area (Å²) in [7, 11) is 1.50. The Kier molecular flexibility index (Phi) is 9.10. The Balaban J connectivity index is 1.65. The lowest BCUT2D eigenvalue weighted by atomic mass is 9.75. The normalized spacial score (nSPS) is 17.3. The van der Waals surface area contributed by atoms with Gasteiger partial charge in [-0.25, -0.2) is 4.79 Å². The van der Waals surface area contributed by atoms with Gasteiger partial charge in [-0.3, -0.25) is 9.79 Å². The van der Waals surface area contributed by atoms with Crippen LogP contribution in [0.4, 0.5) is 0 Å². The van der Waals surface area contributed by atoms with Crippen LogP contribution in [0, 0.1) is 5.92 Å². The summed E-state index contributed by atoms with van der Waals surface area (Å²) in [6, 6.07) is 27.0. The van der Waals surface area contributed by atoms with Crippen molar-refractivity contribution in [2.24, 2.45) is 10.9 Å². The maximum absolute atomic E-state index is 13.7. The van der Waals surface area contributed by atoms with Crippen molar-refractivity contribution in [3.8, 4) is 0 Å². The molecule has 7 heteroatoms. The Morgan fingerprint density at radius 2 is 1.61 bits per heavy atom. The maximum atomic E-state index is 13.7. The van der Waals surface area contributed by atoms with Crippen LogP contribution < -0.4 is 0 Å². The molecule has 0 aromatic heterocycles. The first-order valence-corrected chi connectivity index (χ1v) is 12.8. The minimum absolute atomic E-state index is 0.0275. The Bertz CT molecular complexity index is 1300. The summed E-state index contributed by atoms with van der Waals surface area (Å²) >= 11 is 6.25. The maximum Gasteiger partial charge on any atom is 0.336 e. The number of aliphatic imine (C=N–C) groups is 1. The summed E-state index contributed by atoms with van der Waals surface area (Å²) in [6.45, 7) is 1.83. The molecule has 3 aromatic carbocycles. The minimum Gasteiger partial charge on any atom is -0.481 e. The molecule has 0 amide bonds. The van der Waals surface area contributed by atoms with E-state index in [0.29, 0.717) is 28.4 Å². The summed E-state index contributed by atoms with van der Waals surface area (Å²) < 4.78 is 11.2. The third-order valence-corrected chi connectivity index (χ3v) is 6.97. The van der Waals surface area contributed by atoms with E-state index in [1.807, 2.05) is 36.4 Å². The van der Waals surface area contributed by atoms with Crippen molar-refractivity contribution < 1.29 is 24.2 Å². The second-order valence-corrected chi connectivity index (χ2v) is 9.63. The molecule has 196 valence electrons. The van der Waals surface area contributed by atoms with Crippen LogP contribution in [-0.2, 0) is 19.1 Å². The number of methoxy groups -OCH3 is 1. The van der Waals surface area contributed by atoms with Crippen molar-refractivity contribution in [2.45, 2.75) is 25.2 Å². The van der Waals surface area contributed by atoms with E-state index >= 15 is 0 Å². The van der Waals surface area contributed by atoms with Crippen molar-refractivity contribution in [3.05, 3.63) is 118 Å². The molecule has 6 nitrogen and oxygen atoms in total. The van der Waals surface area contributed by atoms with Gasteiger partial charge >= 0.3 is 11.9 Å². The zero-order valence-electron chi connectivity index (χ0n) is 21.3. The fraction of sp³-hybridized carbons (Fsp3) is 0.258. The van der Waals surface area contributed by atoms with Gasteiger partial charge in [-0.2, -0.15) is 0 Å². The van der Waals surface area contributed by atoms with Gasteiger partial charge in [0.1, 0.15) is 5.92 Å². The summed E-state index contributed by atoms with van der Waals surface area (Å²) in [5.74, 6) is -3.52. The number of rotatable bonds is 10. The fourth-order valence-electron chi connectivity index (χ4n) is 5.05. The average molecular weight is 532 g/mol. The molecule has 0 saturated carbocycles. The van der Waals surface area contributed by atoms with Gasteiger partial charge < -0.3 is 14.6 Å². The number of hydrogen-bond donors (Lipinski definition) is 1. The molecule has 2 unspecified atom stereocenters. The van der Waals surface area contributed by atoms with E-state index < -0.39 is 23.8 Å². The number of hydrogen-bond acceptors (Lipinski definition) is 5. The molecule has 1 aliphatic rings. The molecule has 0 fully saturated rings. The molecular formula is C31H30ClNO5. The van der Waals surface area contributed by atoms with E-state index in [9.17, 15) is 14.7 Å². The molecule has 1 aliphatic heterocycles. The van der Waals surface area contributed by atoms with Crippen LogP contribution in [0.15, 0.2) is 101 Å². The molecule has 4 rings (SSSR count). The third-order valence-electron chi connectivity index (χ3n) is 6.74. The Hall–Kier alpha value is -3.74. The van der Waals surface area contributed by atoms with E-state index in [0.717, 1.165) is 11.1 Å². The summed E-state index contributed by atoms with van der Waals surface area (Å²) in [6.07, 6.45) is 0.555. The number of carbonyl (C=O) groups is 2. The van der Waals surface area contributed by atoms with Gasteiger partial charge in [0.05, 0.1) is 24.5 Å². The van der Waals surface area contributed by atoms with Gasteiger partial charge in [-0.1, -0.05) is 84.4 Å². The number of halogens is 1. The number of carboxylic acid groups (broad SMARTS) is 1. The summed E-state index contributed by atoms with van der Waals surface area (Å²) in [5.41, 5.74) is 3.78. The Morgan fingerprint density at radius 3 is 2.16 bits per heavy atom. The first-order valence-electron chi connectivity index (χ1n) is 12.4. The molecule has 2 atom stereocenters. The van der Waals surface area contributed by atoms with E-state index in [-0.39, 0.29) is 24.7 Å². The van der Waals surface area contributed by atoms with Gasteiger partial charge in [0.25, 0.3) is 0 Å². The smallest absolute Gasteiger partial charge is 0.336 e. The number of nitrogens with zero attached hydrogens (tertiary/aromatic N) is 1. The van der Waals surface area contributed by atoms with Crippen molar-refractivity contribution in [2.75, 3.05) is 20.3 Å². The number of esters is 1. The molecular weight excluding hydrogens is 502 g/mol. The minimum atomic E-state index is -1.08. The van der Waals surface area contributed by atoms with Crippen LogP contribution in [0.5, 0.6) is 0 Å². The van der Waals surface area contributed by atoms with Gasteiger partial charge in [0.2, 0.25) is 0 Å². The standard InChI is InChI=1S/C31H30ClNO5/c1-20-27(30(34)35)28(23-14-9-15-24(32)18-23)29(26(33-20)19-37-2)31(36)38-17-16-25(21-10-5-3-6-11-21)22-12-7-4-8-13-22/h3-15,18,25,27-28H,16-17,19H2,1-2H3,(H,34,35). The first-order chi connectivity index (χ1) is 18.4. The highest BCUT2D eigenvalue weighted by molar-refractivity contribution is 6.30. The van der Waals surface area contributed by atoms with Crippen LogP contribution in [0.2, 0.25) is 5.02 Å². The highest BCUT2D eigenvalue weighted by atomic mass is 35.5. The monoisotopic (exact) mass is 531 g/mol. The van der Waals surface area contributed by atoms with Crippen LogP contribution in [0.1, 0.15) is 41.9 Å². The van der Waals surface area contributed by atoms with Crippen LogP contribution in [0.25, 0.3) is 0 Å². The highest BCUT2D eigenvalue weighted by Crippen LogP contribution is 2.40. The lowest BCUT2D eigenvalue weighted by Gasteiger charge is -2.31. The Labute approximate surface area is 227 Å². The number of carbonyl (C=O) groups excluding carboxylic acids is 1. The van der Waals surface area contributed by atoms with Crippen molar-refractivity contribution in [3.63, 3.8) is 0 Å². The first kappa shape index (κ1) is 27.3. The zero-order chi connectivity index (χ0) is 27.1. The third kappa shape index (κ3) is 6.21. The van der Waals surface area contributed by atoms with E-state index in [1.165, 1.54) is 7.11 Å². The van der Waals surface area contributed by atoms with Crippen LogP contribution in [-0.4, -0.2) is 43.1 Å². The largest absolute Gasteiger partial charge is 0.481 e. The topological polar surface area (TPSA) is 85.2 Å². The summed E-state index contributed by atoms with van der Waals surface area (Å²) in [4.78, 5) is 30.5. The molecule has 3 aromatic rings. The van der Waals surface area contributed by atoms with Gasteiger partial charge in [0, 0.05) is 29.7 Å². The quantitative estimate of drug-likeness (QED) is 0.312. The molecule has 0 aliphatic carbocycles. The van der Waals surface area contributed by atoms with E-state index in [1.54, 1.807) is 31.2 Å². The van der Waals surface area contributed by atoms with Gasteiger partial charge in [-0.05, 0) is 42.2 Å². The van der Waals surface area contributed by atoms with Crippen molar-refractivity contribution >= 4 is 29.3 Å². The van der Waals surface area contributed by atoms with Gasteiger partial charge in [0.15, 0.2) is 0 Å². The Morgan fingerprint density at radius 1 is 0.974 bits per heavy atom. The number of ether oxygens (including phenoxy) is 2. The van der Waals surface area contributed by atoms with Crippen molar-refractivity contribution in [1.82, 2.24) is 0 Å². The number of aliphatic carboxylic acids is 1. The molecule has 0 saturated heterocycles. The predicted molar refractivity (Wildman–Crippen MR) is 148 cm³/mol. The van der Waals surface area contributed by atoms with E-state index in [4.69, 9.17) is 21.1 Å². The molecule has 0 spiro atoms. The lowest BCUT2D eigenvalue weighted by molar-refractivity contribution is -0.141. The predicted octanol–water partition coefficient (Wildman–Crippen LogP) is 6.26. The number of carboxylic acids is 1. The SMILES string of the molecule is COCC1=C(C(=O)OCCC(c2ccccc2)c2ccccc2)C(c2cccc(Cl)c2)C(C(=O)O)C(C)=N1. The van der Waals surface area contributed by atoms with Crippen LogP contribution >= 0.6 is 11.6 Å². The average Bonchev–Trinajstić information content (AvgIpc) is 2.91. The zero-order valence-corrected chi connectivity index (χ0v) is 22.1. The highest BCUT2D eigenvalue weighted by Gasteiger charge is 2.42. The molecule has 1 N–H and O–H groups in total. The molecule has 0 bridgehead atoms. The second-order valence-electron chi connectivity index (χ2n) is 9.19. The van der Waals surface area contributed by atoms with Crippen molar-refractivity contribution in [1.29, 1.82) is 0 Å². The number of benzene rings is 3. The fourth-order valence-corrected chi connectivity index (χ4v) is 5.24. The molecule has 1 heterocycles. The second kappa shape index (κ2) is 12.7. The lowest BCUT2D eigenvalue weighted by Crippen LogP contribution is -2.36. The van der Waals surface area contributed by atoms with Gasteiger partial charge in [-0.15, -0.1) is 0 Å². The van der Waals surface area contributed by atoms with Crippen LogP contribution in [0.3, 0.4) is 0 Å². The summed E-state index contributed by atoms with van der Waals surface area (Å²) in [5, 5.41) is 10.6. The van der Waals surface area contributed by atoms with E-state index in [2.05, 4.69) is 29.3 Å². The molecule has 0 radical (unpaired) electrons.